The molecule has 0 aromatic heterocycles. The number of benzene rings is 1. The van der Waals surface area contributed by atoms with E-state index < -0.39 is 0 Å². The van der Waals surface area contributed by atoms with Gasteiger partial charge in [0.2, 0.25) is 0 Å². The van der Waals surface area contributed by atoms with E-state index in [0.29, 0.717) is 5.92 Å². The molecule has 1 heterocycles. The van der Waals surface area contributed by atoms with E-state index in [1.54, 1.807) is 0 Å². The molecule has 0 aliphatic carbocycles. The number of anilines is 1. The lowest BCUT2D eigenvalue weighted by atomic mass is 10.0. The molecule has 0 saturated carbocycles. The van der Waals surface area contributed by atoms with Crippen molar-refractivity contribution in [1.82, 2.24) is 0 Å². The monoisotopic (exact) mass is 207 g/mol. The number of nitrogens with zero attached hydrogens (tertiary/aromatic N) is 1. The molecular formula is C12H17NS. The summed E-state index contributed by atoms with van der Waals surface area (Å²) in [6.07, 6.45) is 3.35. The molecule has 1 aromatic rings. The van der Waals surface area contributed by atoms with Crippen LogP contribution < -0.4 is 4.31 Å². The third kappa shape index (κ3) is 1.63. The highest BCUT2D eigenvalue weighted by Crippen LogP contribution is 2.34. The third-order valence-electron chi connectivity index (χ3n) is 2.85. The Morgan fingerprint density at radius 2 is 2.14 bits per heavy atom. The van der Waals surface area contributed by atoms with Crippen LogP contribution in [0.4, 0.5) is 5.69 Å². The normalized spacial score (nSPS) is 15.0. The van der Waals surface area contributed by atoms with Gasteiger partial charge in [-0.3, -0.25) is 0 Å². The predicted molar refractivity (Wildman–Crippen MR) is 65.1 cm³/mol. The smallest absolute Gasteiger partial charge is 0.0505 e. The quantitative estimate of drug-likeness (QED) is 0.683. The van der Waals surface area contributed by atoms with Gasteiger partial charge in [0.15, 0.2) is 0 Å². The minimum atomic E-state index is 0.629. The van der Waals surface area contributed by atoms with E-state index in [0.717, 1.165) is 6.54 Å². The molecule has 0 saturated heterocycles. The molecule has 0 unspecified atom stereocenters. The fourth-order valence-electron chi connectivity index (χ4n) is 1.92. The van der Waals surface area contributed by atoms with Crippen molar-refractivity contribution in [2.24, 2.45) is 0 Å². The fourth-order valence-corrected chi connectivity index (χ4v) is 2.56. The summed E-state index contributed by atoms with van der Waals surface area (Å²) in [5, 5.41) is 0. The van der Waals surface area contributed by atoms with Crippen molar-refractivity contribution < 1.29 is 0 Å². The lowest BCUT2D eigenvalue weighted by Crippen LogP contribution is -2.09. The summed E-state index contributed by atoms with van der Waals surface area (Å²) < 4.78 is 2.39. The van der Waals surface area contributed by atoms with Crippen molar-refractivity contribution >= 4 is 17.6 Å². The first-order valence-electron chi connectivity index (χ1n) is 5.17. The number of fused-ring (bicyclic) bond motifs is 1. The first kappa shape index (κ1) is 9.91. The molecule has 0 spiro atoms. The first-order valence-corrected chi connectivity index (χ1v) is 6.35. The molecule has 1 aromatic carbocycles. The van der Waals surface area contributed by atoms with Crippen LogP contribution in [0, 0.1) is 0 Å². The molecule has 0 bridgehead atoms. The topological polar surface area (TPSA) is 3.24 Å². The molecule has 0 fully saturated rings. The Morgan fingerprint density at radius 3 is 2.79 bits per heavy atom. The largest absolute Gasteiger partial charge is 0.316 e. The van der Waals surface area contributed by atoms with Gasteiger partial charge in [-0.2, -0.15) is 0 Å². The molecule has 1 aliphatic rings. The molecule has 0 radical (unpaired) electrons. The minimum Gasteiger partial charge on any atom is -0.316 e. The summed E-state index contributed by atoms with van der Waals surface area (Å²) in [5.74, 6) is 0.629. The van der Waals surface area contributed by atoms with Gasteiger partial charge in [0.1, 0.15) is 0 Å². The van der Waals surface area contributed by atoms with Crippen molar-refractivity contribution in [3.05, 3.63) is 29.3 Å². The Kier molecular flexibility index (Phi) is 2.73. The van der Waals surface area contributed by atoms with Gasteiger partial charge in [-0.25, -0.2) is 0 Å². The maximum atomic E-state index is 2.39. The van der Waals surface area contributed by atoms with Gasteiger partial charge < -0.3 is 4.31 Å². The standard InChI is InChI=1S/C12H17NS/c1-9(2)11-5-4-10-6-7-13(14-3)12(10)8-11/h4-5,8-9H,6-7H2,1-3H3. The summed E-state index contributed by atoms with van der Waals surface area (Å²) in [4.78, 5) is 0. The van der Waals surface area contributed by atoms with E-state index >= 15 is 0 Å². The Morgan fingerprint density at radius 1 is 1.36 bits per heavy atom. The van der Waals surface area contributed by atoms with Gasteiger partial charge >= 0.3 is 0 Å². The van der Waals surface area contributed by atoms with Crippen LogP contribution in [0.25, 0.3) is 0 Å². The summed E-state index contributed by atoms with van der Waals surface area (Å²) in [6, 6.07) is 6.91. The van der Waals surface area contributed by atoms with Gasteiger partial charge in [0.25, 0.3) is 0 Å². The van der Waals surface area contributed by atoms with E-state index in [2.05, 4.69) is 42.6 Å². The van der Waals surface area contributed by atoms with Crippen molar-refractivity contribution in [3.8, 4) is 0 Å². The molecule has 2 heteroatoms. The highest BCUT2D eigenvalue weighted by Gasteiger charge is 2.18. The number of rotatable bonds is 2. The zero-order valence-corrected chi connectivity index (χ0v) is 9.90. The van der Waals surface area contributed by atoms with Crippen LogP contribution in [0.1, 0.15) is 30.9 Å². The maximum Gasteiger partial charge on any atom is 0.0505 e. The Bertz CT molecular complexity index is 333. The summed E-state index contributed by atoms with van der Waals surface area (Å²) >= 11 is 1.83. The lowest BCUT2D eigenvalue weighted by molar-refractivity contribution is 0.866. The van der Waals surface area contributed by atoms with Crippen molar-refractivity contribution in [2.75, 3.05) is 17.1 Å². The summed E-state index contributed by atoms with van der Waals surface area (Å²) in [5.41, 5.74) is 4.39. The van der Waals surface area contributed by atoms with Crippen LogP contribution in [0.5, 0.6) is 0 Å². The number of hydrogen-bond donors (Lipinski definition) is 0. The van der Waals surface area contributed by atoms with Gasteiger partial charge in [-0.1, -0.05) is 37.9 Å². The van der Waals surface area contributed by atoms with E-state index in [-0.39, 0.29) is 0 Å². The zero-order valence-electron chi connectivity index (χ0n) is 9.08. The average molecular weight is 207 g/mol. The molecule has 1 nitrogen and oxygen atoms in total. The molecule has 1 aliphatic heterocycles. The second-order valence-electron chi connectivity index (χ2n) is 4.08. The minimum absolute atomic E-state index is 0.629. The fraction of sp³-hybridized carbons (Fsp3) is 0.500. The highest BCUT2D eigenvalue weighted by atomic mass is 32.2. The van der Waals surface area contributed by atoms with Gasteiger partial charge in [0.05, 0.1) is 5.69 Å². The Balaban J connectivity index is 2.37. The lowest BCUT2D eigenvalue weighted by Gasteiger charge is -2.16. The maximum absolute atomic E-state index is 2.39. The number of hydrogen-bond acceptors (Lipinski definition) is 2. The van der Waals surface area contributed by atoms with E-state index in [9.17, 15) is 0 Å². The Hall–Kier alpha value is -0.630. The van der Waals surface area contributed by atoms with Crippen LogP contribution in [0.15, 0.2) is 18.2 Å². The van der Waals surface area contributed by atoms with Crippen LogP contribution in [-0.2, 0) is 6.42 Å². The zero-order chi connectivity index (χ0) is 10.1. The predicted octanol–water partition coefficient (Wildman–Crippen LogP) is 3.45. The molecule has 0 amide bonds. The van der Waals surface area contributed by atoms with Crippen LogP contribution in [0.2, 0.25) is 0 Å². The van der Waals surface area contributed by atoms with Gasteiger partial charge in [-0.15, -0.1) is 0 Å². The molecule has 2 rings (SSSR count). The van der Waals surface area contributed by atoms with Gasteiger partial charge in [-0.05, 0) is 29.5 Å². The molecule has 76 valence electrons. The Labute approximate surface area is 90.6 Å². The molecular weight excluding hydrogens is 190 g/mol. The third-order valence-corrected chi connectivity index (χ3v) is 3.67. The second-order valence-corrected chi connectivity index (χ2v) is 4.88. The highest BCUT2D eigenvalue weighted by molar-refractivity contribution is 8.00. The van der Waals surface area contributed by atoms with E-state index in [1.165, 1.54) is 23.2 Å². The molecule has 14 heavy (non-hydrogen) atoms. The molecule has 0 atom stereocenters. The second kappa shape index (κ2) is 3.85. The SMILES string of the molecule is CSN1CCc2ccc(C(C)C)cc21. The summed E-state index contributed by atoms with van der Waals surface area (Å²) in [7, 11) is 0. The summed E-state index contributed by atoms with van der Waals surface area (Å²) in [6.45, 7) is 5.66. The van der Waals surface area contributed by atoms with Crippen LogP contribution in [0.3, 0.4) is 0 Å². The van der Waals surface area contributed by atoms with Crippen LogP contribution >= 0.6 is 11.9 Å². The van der Waals surface area contributed by atoms with Crippen LogP contribution in [-0.4, -0.2) is 12.8 Å². The van der Waals surface area contributed by atoms with Gasteiger partial charge in [0, 0.05) is 12.8 Å². The molecule has 0 N–H and O–H groups in total. The van der Waals surface area contributed by atoms with Crippen molar-refractivity contribution in [3.63, 3.8) is 0 Å². The average Bonchev–Trinajstić information content (AvgIpc) is 2.59. The van der Waals surface area contributed by atoms with Crippen molar-refractivity contribution in [1.29, 1.82) is 0 Å². The van der Waals surface area contributed by atoms with E-state index in [1.807, 2.05) is 11.9 Å². The first-order chi connectivity index (χ1) is 6.72. The van der Waals surface area contributed by atoms with E-state index in [4.69, 9.17) is 0 Å². The van der Waals surface area contributed by atoms with Crippen molar-refractivity contribution in [2.45, 2.75) is 26.2 Å².